The van der Waals surface area contributed by atoms with Gasteiger partial charge in [-0.15, -0.1) is 0 Å². The second-order valence-corrected chi connectivity index (χ2v) is 5.08. The number of hydrogen-bond acceptors (Lipinski definition) is 3. The van der Waals surface area contributed by atoms with Crippen LogP contribution in [0.25, 0.3) is 0 Å². The van der Waals surface area contributed by atoms with E-state index in [1.807, 2.05) is 0 Å². The zero-order valence-electron chi connectivity index (χ0n) is 11.5. The molecule has 1 aromatic rings. The molecule has 0 saturated carbocycles. The van der Waals surface area contributed by atoms with E-state index >= 15 is 0 Å². The number of phenolic OH excluding ortho intramolecular Hbond substituents is 1. The zero-order valence-corrected chi connectivity index (χ0v) is 11.5. The highest BCUT2D eigenvalue weighted by atomic mass is 16.5. The van der Waals surface area contributed by atoms with Crippen LogP contribution in [-0.4, -0.2) is 30.3 Å². The largest absolute Gasteiger partial charge is 0.508 e. The number of amides is 1. The summed E-state index contributed by atoms with van der Waals surface area (Å²) in [5, 5.41) is 12.5. The molecule has 0 spiro atoms. The molecule has 1 aliphatic rings. The van der Waals surface area contributed by atoms with Gasteiger partial charge in [-0.25, -0.2) is 0 Å². The van der Waals surface area contributed by atoms with Gasteiger partial charge in [0, 0.05) is 24.6 Å². The van der Waals surface area contributed by atoms with Crippen LogP contribution in [0.5, 0.6) is 5.75 Å². The van der Waals surface area contributed by atoms with Crippen LogP contribution < -0.4 is 5.32 Å². The second-order valence-electron chi connectivity index (χ2n) is 5.08. The molecule has 0 bridgehead atoms. The predicted molar refractivity (Wildman–Crippen MR) is 73.3 cm³/mol. The molecule has 4 heteroatoms. The molecule has 4 nitrogen and oxygen atoms in total. The Kier molecular flexibility index (Phi) is 4.43. The van der Waals surface area contributed by atoms with Gasteiger partial charge < -0.3 is 15.2 Å². The Hall–Kier alpha value is -1.55. The average Bonchev–Trinajstić information content (AvgIpc) is 2.86. The third kappa shape index (κ3) is 3.26. The monoisotopic (exact) mass is 263 g/mol. The summed E-state index contributed by atoms with van der Waals surface area (Å²) in [6, 6.07) is 4.98. The van der Waals surface area contributed by atoms with Gasteiger partial charge in [-0.3, -0.25) is 4.79 Å². The lowest BCUT2D eigenvalue weighted by Gasteiger charge is -2.17. The highest BCUT2D eigenvalue weighted by Crippen LogP contribution is 2.23. The third-order valence-corrected chi connectivity index (χ3v) is 3.74. The number of aromatic hydroxyl groups is 1. The third-order valence-electron chi connectivity index (χ3n) is 3.74. The summed E-state index contributed by atoms with van der Waals surface area (Å²) in [6.45, 7) is 5.32. The number of carbonyl (C=O) groups is 1. The Morgan fingerprint density at radius 3 is 3.00 bits per heavy atom. The van der Waals surface area contributed by atoms with Crippen molar-refractivity contribution in [1.29, 1.82) is 0 Å². The van der Waals surface area contributed by atoms with Gasteiger partial charge in [-0.2, -0.15) is 0 Å². The minimum absolute atomic E-state index is 0.142. The highest BCUT2D eigenvalue weighted by Gasteiger charge is 2.26. The van der Waals surface area contributed by atoms with Gasteiger partial charge in [-0.1, -0.05) is 13.0 Å². The van der Waals surface area contributed by atoms with Crippen LogP contribution in [-0.2, 0) is 4.74 Å². The van der Waals surface area contributed by atoms with E-state index in [4.69, 9.17) is 4.74 Å². The summed E-state index contributed by atoms with van der Waals surface area (Å²) >= 11 is 0. The molecule has 19 heavy (non-hydrogen) atoms. The topological polar surface area (TPSA) is 58.6 Å². The summed E-state index contributed by atoms with van der Waals surface area (Å²) < 4.78 is 5.60. The standard InChI is InChI=1S/C15H21NO3/c1-3-14-12(6-7-19-14)9-16-15(18)11-5-4-10(2)13(17)8-11/h4-5,8,12,14,17H,3,6-7,9H2,1-2H3,(H,16,18). The van der Waals surface area contributed by atoms with Crippen molar-refractivity contribution in [1.82, 2.24) is 5.32 Å². The first-order chi connectivity index (χ1) is 9.11. The number of phenols is 1. The first-order valence-corrected chi connectivity index (χ1v) is 6.81. The summed E-state index contributed by atoms with van der Waals surface area (Å²) in [5.41, 5.74) is 1.27. The molecule has 1 saturated heterocycles. The fourth-order valence-electron chi connectivity index (χ4n) is 2.45. The Bertz CT molecular complexity index is 459. The van der Waals surface area contributed by atoms with E-state index in [2.05, 4.69) is 12.2 Å². The lowest BCUT2D eigenvalue weighted by Crippen LogP contribution is -2.32. The molecule has 104 valence electrons. The maximum Gasteiger partial charge on any atom is 0.251 e. The number of benzene rings is 1. The minimum atomic E-state index is -0.142. The maximum atomic E-state index is 12.0. The van der Waals surface area contributed by atoms with Crippen molar-refractivity contribution in [3.63, 3.8) is 0 Å². The van der Waals surface area contributed by atoms with Crippen molar-refractivity contribution < 1.29 is 14.6 Å². The Morgan fingerprint density at radius 1 is 1.53 bits per heavy atom. The number of carbonyl (C=O) groups excluding carboxylic acids is 1. The number of hydrogen-bond donors (Lipinski definition) is 2. The van der Waals surface area contributed by atoms with Crippen LogP contribution in [0.2, 0.25) is 0 Å². The van der Waals surface area contributed by atoms with Crippen LogP contribution in [0.15, 0.2) is 18.2 Å². The van der Waals surface area contributed by atoms with Gasteiger partial charge in [0.25, 0.3) is 5.91 Å². The van der Waals surface area contributed by atoms with Crippen LogP contribution in [0.3, 0.4) is 0 Å². The fraction of sp³-hybridized carbons (Fsp3) is 0.533. The molecule has 1 heterocycles. The van der Waals surface area contributed by atoms with Gasteiger partial charge in [0.1, 0.15) is 5.75 Å². The van der Waals surface area contributed by atoms with Crippen LogP contribution in [0.1, 0.15) is 35.7 Å². The maximum absolute atomic E-state index is 12.0. The van der Waals surface area contributed by atoms with E-state index < -0.39 is 0 Å². The van der Waals surface area contributed by atoms with E-state index in [9.17, 15) is 9.90 Å². The SMILES string of the molecule is CCC1OCCC1CNC(=O)c1ccc(C)c(O)c1. The summed E-state index contributed by atoms with van der Waals surface area (Å²) in [6.07, 6.45) is 2.23. The quantitative estimate of drug-likeness (QED) is 0.876. The van der Waals surface area contributed by atoms with Crippen LogP contribution in [0.4, 0.5) is 0 Å². The van der Waals surface area contributed by atoms with E-state index in [1.165, 1.54) is 6.07 Å². The molecule has 2 rings (SSSR count). The molecule has 0 aliphatic carbocycles. The Morgan fingerprint density at radius 2 is 2.32 bits per heavy atom. The molecule has 1 aliphatic heterocycles. The number of ether oxygens (including phenoxy) is 1. The molecule has 2 unspecified atom stereocenters. The van der Waals surface area contributed by atoms with Gasteiger partial charge in [-0.05, 0) is 37.5 Å². The van der Waals surface area contributed by atoms with Gasteiger partial charge >= 0.3 is 0 Å². The lowest BCUT2D eigenvalue weighted by molar-refractivity contribution is 0.0826. The Labute approximate surface area is 113 Å². The van der Waals surface area contributed by atoms with Crippen molar-refractivity contribution in [3.05, 3.63) is 29.3 Å². The predicted octanol–water partition coefficient (Wildman–Crippen LogP) is 2.25. The average molecular weight is 263 g/mol. The molecule has 2 atom stereocenters. The summed E-state index contributed by atoms with van der Waals surface area (Å²) in [7, 11) is 0. The smallest absolute Gasteiger partial charge is 0.251 e. The first-order valence-electron chi connectivity index (χ1n) is 6.81. The van der Waals surface area contributed by atoms with Gasteiger partial charge in [0.05, 0.1) is 6.10 Å². The zero-order chi connectivity index (χ0) is 13.8. The fourth-order valence-corrected chi connectivity index (χ4v) is 2.45. The highest BCUT2D eigenvalue weighted by molar-refractivity contribution is 5.94. The number of nitrogens with one attached hydrogen (secondary N) is 1. The van der Waals surface area contributed by atoms with E-state index in [0.29, 0.717) is 18.0 Å². The molecule has 1 amide bonds. The van der Waals surface area contributed by atoms with Crippen LogP contribution in [0, 0.1) is 12.8 Å². The normalized spacial score (nSPS) is 22.4. The van der Waals surface area contributed by atoms with Crippen molar-refractivity contribution in [2.45, 2.75) is 32.8 Å². The van der Waals surface area contributed by atoms with Crippen molar-refractivity contribution in [2.24, 2.45) is 5.92 Å². The van der Waals surface area contributed by atoms with Crippen molar-refractivity contribution in [3.8, 4) is 5.75 Å². The molecule has 0 aromatic heterocycles. The molecule has 1 fully saturated rings. The van der Waals surface area contributed by atoms with E-state index in [0.717, 1.165) is 25.0 Å². The number of aryl methyl sites for hydroxylation is 1. The second kappa shape index (κ2) is 6.06. The van der Waals surface area contributed by atoms with Gasteiger partial charge in [0.2, 0.25) is 0 Å². The minimum Gasteiger partial charge on any atom is -0.508 e. The molecule has 0 radical (unpaired) electrons. The summed E-state index contributed by atoms with van der Waals surface area (Å²) in [4.78, 5) is 12.0. The first kappa shape index (κ1) is 13.9. The molecular formula is C15H21NO3. The van der Waals surface area contributed by atoms with Crippen molar-refractivity contribution >= 4 is 5.91 Å². The molecule has 2 N–H and O–H groups in total. The van der Waals surface area contributed by atoms with Crippen LogP contribution >= 0.6 is 0 Å². The van der Waals surface area contributed by atoms with Gasteiger partial charge in [0.15, 0.2) is 0 Å². The van der Waals surface area contributed by atoms with E-state index in [-0.39, 0.29) is 17.8 Å². The lowest BCUT2D eigenvalue weighted by atomic mass is 9.99. The Balaban J connectivity index is 1.92. The summed E-state index contributed by atoms with van der Waals surface area (Å²) in [5.74, 6) is 0.410. The number of rotatable bonds is 4. The van der Waals surface area contributed by atoms with Crippen molar-refractivity contribution in [2.75, 3.05) is 13.2 Å². The molecule has 1 aromatic carbocycles. The van der Waals surface area contributed by atoms with E-state index in [1.54, 1.807) is 19.1 Å². The molecular weight excluding hydrogens is 242 g/mol.